The molecular weight excluding hydrogens is 276 g/mol. The Bertz CT molecular complexity index is 407. The van der Waals surface area contributed by atoms with E-state index in [1.165, 1.54) is 6.21 Å². The first-order chi connectivity index (χ1) is 7.67. The number of carbonyl (C=O) groups is 1. The maximum atomic E-state index is 10.7. The van der Waals surface area contributed by atoms with Gasteiger partial charge in [0.25, 0.3) is 5.91 Å². The quantitative estimate of drug-likeness (QED) is 0.638. The number of nitrogens with one attached hydrogen (secondary N) is 1. The Kier molecular flexibility index (Phi) is 4.94. The molecule has 2 N–H and O–H groups in total. The molecule has 5 nitrogen and oxygen atoms in total. The Morgan fingerprint density at radius 1 is 1.69 bits per heavy atom. The average Bonchev–Trinajstić information content (AvgIpc) is 2.29. The van der Waals surface area contributed by atoms with Gasteiger partial charge in [-0.05, 0) is 18.2 Å². The fraction of sp³-hybridized carbons (Fsp3) is 0.200. The monoisotopic (exact) mass is 286 g/mol. The molecule has 0 bridgehead atoms. The Hall–Kier alpha value is -1.40. The second kappa shape index (κ2) is 6.24. The smallest absolute Gasteiger partial charge is 0.265 e. The van der Waals surface area contributed by atoms with Crippen molar-refractivity contribution in [1.29, 1.82) is 0 Å². The maximum Gasteiger partial charge on any atom is 0.265 e. The zero-order chi connectivity index (χ0) is 12.0. The molecule has 0 unspecified atom stereocenters. The highest BCUT2D eigenvalue weighted by Gasteiger charge is 2.01. The van der Waals surface area contributed by atoms with Crippen LogP contribution in [-0.2, 0) is 4.79 Å². The lowest BCUT2D eigenvalue weighted by molar-refractivity contribution is -0.123. The number of hydrogen-bond acceptors (Lipinski definition) is 4. The number of rotatable bonds is 4. The second-order valence-corrected chi connectivity index (χ2v) is 3.75. The molecule has 0 atom stereocenters. The summed E-state index contributed by atoms with van der Waals surface area (Å²) in [5, 5.41) is 12.1. The van der Waals surface area contributed by atoms with Crippen LogP contribution in [0.25, 0.3) is 0 Å². The van der Waals surface area contributed by atoms with Gasteiger partial charge in [0.05, 0.1) is 13.3 Å². The minimum absolute atomic E-state index is 0.565. The zero-order valence-electron chi connectivity index (χ0n) is 8.61. The van der Waals surface area contributed by atoms with Crippen LogP contribution in [-0.4, -0.2) is 30.9 Å². The van der Waals surface area contributed by atoms with E-state index in [-0.39, 0.29) is 0 Å². The summed E-state index contributed by atoms with van der Waals surface area (Å²) in [5.41, 5.74) is 2.88. The molecule has 0 saturated carbocycles. The summed E-state index contributed by atoms with van der Waals surface area (Å²) in [6.45, 7) is -0.590. The lowest BCUT2D eigenvalue weighted by Gasteiger charge is -2.04. The summed E-state index contributed by atoms with van der Waals surface area (Å²) < 4.78 is 5.99. The van der Waals surface area contributed by atoms with E-state index in [4.69, 9.17) is 9.84 Å². The van der Waals surface area contributed by atoms with Crippen molar-refractivity contribution in [3.8, 4) is 5.75 Å². The van der Waals surface area contributed by atoms with Gasteiger partial charge >= 0.3 is 0 Å². The third-order valence-corrected chi connectivity index (χ3v) is 2.22. The van der Waals surface area contributed by atoms with Crippen LogP contribution in [0, 0.1) is 0 Å². The minimum atomic E-state index is -0.590. The molecule has 6 heteroatoms. The number of amides is 1. The highest BCUT2D eigenvalue weighted by molar-refractivity contribution is 9.10. The molecule has 1 amide bonds. The maximum absolute atomic E-state index is 10.7. The Morgan fingerprint density at radius 2 is 2.44 bits per heavy atom. The van der Waals surface area contributed by atoms with Crippen molar-refractivity contribution in [2.45, 2.75) is 0 Å². The Balaban J connectivity index is 2.79. The molecule has 1 rings (SSSR count). The zero-order valence-corrected chi connectivity index (χ0v) is 10.2. The van der Waals surface area contributed by atoms with E-state index in [0.717, 1.165) is 10.0 Å². The summed E-state index contributed by atoms with van der Waals surface area (Å²) >= 11 is 3.32. The van der Waals surface area contributed by atoms with E-state index in [9.17, 15) is 4.79 Å². The standard InChI is InChI=1S/C10H11BrN2O3/c1-16-9-3-2-8(11)4-7(9)5-12-13-10(15)6-14/h2-5,14H,6H2,1H3,(H,13,15)/b12-5-. The fourth-order valence-electron chi connectivity index (χ4n) is 1.02. The van der Waals surface area contributed by atoms with Gasteiger partial charge in [0, 0.05) is 10.0 Å². The molecule has 0 saturated heterocycles. The second-order valence-electron chi connectivity index (χ2n) is 2.84. The number of aliphatic hydroxyl groups is 1. The molecule has 0 aliphatic carbocycles. The van der Waals surface area contributed by atoms with Gasteiger partial charge in [-0.1, -0.05) is 15.9 Å². The number of nitrogens with zero attached hydrogens (tertiary/aromatic N) is 1. The molecule has 0 aliphatic rings. The van der Waals surface area contributed by atoms with E-state index >= 15 is 0 Å². The summed E-state index contributed by atoms with van der Waals surface area (Å²) in [4.78, 5) is 10.7. The molecule has 0 radical (unpaired) electrons. The fourth-order valence-corrected chi connectivity index (χ4v) is 1.39. The molecule has 1 aromatic rings. The minimum Gasteiger partial charge on any atom is -0.496 e. The van der Waals surface area contributed by atoms with E-state index in [2.05, 4.69) is 26.5 Å². The van der Waals surface area contributed by atoms with Gasteiger partial charge in [0.2, 0.25) is 0 Å². The van der Waals surface area contributed by atoms with Gasteiger partial charge < -0.3 is 9.84 Å². The van der Waals surface area contributed by atoms with E-state index in [0.29, 0.717) is 5.75 Å². The number of hydrazone groups is 1. The largest absolute Gasteiger partial charge is 0.496 e. The first-order valence-electron chi connectivity index (χ1n) is 4.43. The predicted molar refractivity (Wildman–Crippen MR) is 63.5 cm³/mol. The van der Waals surface area contributed by atoms with Crippen molar-refractivity contribution >= 4 is 28.1 Å². The molecule has 16 heavy (non-hydrogen) atoms. The topological polar surface area (TPSA) is 70.9 Å². The molecule has 86 valence electrons. The highest BCUT2D eigenvalue weighted by atomic mass is 79.9. The Morgan fingerprint density at radius 3 is 3.06 bits per heavy atom. The van der Waals surface area contributed by atoms with Crippen LogP contribution in [0.1, 0.15) is 5.56 Å². The van der Waals surface area contributed by atoms with Gasteiger partial charge in [-0.2, -0.15) is 5.10 Å². The van der Waals surface area contributed by atoms with Crippen molar-refractivity contribution < 1.29 is 14.6 Å². The summed E-state index contributed by atoms with van der Waals surface area (Å²) in [6.07, 6.45) is 1.44. The van der Waals surface area contributed by atoms with Crippen molar-refractivity contribution in [3.05, 3.63) is 28.2 Å². The van der Waals surface area contributed by atoms with Crippen molar-refractivity contribution in [1.82, 2.24) is 5.43 Å². The third kappa shape index (κ3) is 3.63. The van der Waals surface area contributed by atoms with Crippen LogP contribution < -0.4 is 10.2 Å². The van der Waals surface area contributed by atoms with Crippen molar-refractivity contribution in [3.63, 3.8) is 0 Å². The van der Waals surface area contributed by atoms with Gasteiger partial charge in [0.15, 0.2) is 0 Å². The van der Waals surface area contributed by atoms with Crippen molar-refractivity contribution in [2.24, 2.45) is 5.10 Å². The van der Waals surface area contributed by atoms with Crippen LogP contribution in [0.5, 0.6) is 5.75 Å². The van der Waals surface area contributed by atoms with Gasteiger partial charge in [-0.15, -0.1) is 0 Å². The Labute approximate surface area is 101 Å². The van der Waals surface area contributed by atoms with Crippen LogP contribution in [0.2, 0.25) is 0 Å². The first-order valence-corrected chi connectivity index (χ1v) is 5.23. The number of carbonyl (C=O) groups excluding carboxylic acids is 1. The summed E-state index contributed by atoms with van der Waals surface area (Å²) in [5.74, 6) is 0.0791. The lowest BCUT2D eigenvalue weighted by Crippen LogP contribution is -2.20. The van der Waals surface area contributed by atoms with E-state index < -0.39 is 12.5 Å². The molecule has 1 aromatic carbocycles. The average molecular weight is 287 g/mol. The van der Waals surface area contributed by atoms with Crippen LogP contribution >= 0.6 is 15.9 Å². The lowest BCUT2D eigenvalue weighted by atomic mass is 10.2. The van der Waals surface area contributed by atoms with E-state index in [1.54, 1.807) is 19.2 Å². The molecule has 0 heterocycles. The molecular formula is C10H11BrN2O3. The number of hydrogen-bond donors (Lipinski definition) is 2. The number of benzene rings is 1. The number of aliphatic hydroxyl groups excluding tert-OH is 1. The van der Waals surface area contributed by atoms with Crippen molar-refractivity contribution in [2.75, 3.05) is 13.7 Å². The van der Waals surface area contributed by atoms with Crippen LogP contribution in [0.15, 0.2) is 27.8 Å². The molecule has 0 aliphatic heterocycles. The van der Waals surface area contributed by atoms with Crippen LogP contribution in [0.3, 0.4) is 0 Å². The van der Waals surface area contributed by atoms with E-state index in [1.807, 2.05) is 6.07 Å². The number of ether oxygens (including phenoxy) is 1. The third-order valence-electron chi connectivity index (χ3n) is 1.73. The number of halogens is 1. The van der Waals surface area contributed by atoms with Gasteiger partial charge in [-0.3, -0.25) is 4.79 Å². The summed E-state index contributed by atoms with van der Waals surface area (Å²) in [7, 11) is 1.55. The molecule has 0 spiro atoms. The molecule has 0 fully saturated rings. The summed E-state index contributed by atoms with van der Waals surface area (Å²) in [6, 6.07) is 5.41. The predicted octanol–water partition coefficient (Wildman–Crippen LogP) is 0.900. The number of methoxy groups -OCH3 is 1. The highest BCUT2D eigenvalue weighted by Crippen LogP contribution is 2.21. The SMILES string of the molecule is COc1ccc(Br)cc1/C=N\NC(=O)CO. The van der Waals surface area contributed by atoms with Gasteiger partial charge in [-0.25, -0.2) is 5.43 Å². The normalized spacial score (nSPS) is 10.4. The van der Waals surface area contributed by atoms with Gasteiger partial charge in [0.1, 0.15) is 12.4 Å². The molecule has 0 aromatic heterocycles. The first kappa shape index (κ1) is 12.7. The van der Waals surface area contributed by atoms with Crippen LogP contribution in [0.4, 0.5) is 0 Å².